The summed E-state index contributed by atoms with van der Waals surface area (Å²) in [7, 11) is -3.89. The third-order valence-corrected chi connectivity index (χ3v) is 2.68. The predicted molar refractivity (Wildman–Crippen MR) is 51.2 cm³/mol. The molecule has 0 rings (SSSR count). The molecule has 0 saturated carbocycles. The summed E-state index contributed by atoms with van der Waals surface area (Å²) in [6.07, 6.45) is -11.9. The van der Waals surface area contributed by atoms with Gasteiger partial charge in [-0.2, -0.15) is 26.3 Å². The molecule has 19 heavy (non-hydrogen) atoms. The second-order valence-electron chi connectivity index (χ2n) is 3.53. The van der Waals surface area contributed by atoms with Crippen molar-refractivity contribution in [3.8, 4) is 0 Å². The van der Waals surface area contributed by atoms with Gasteiger partial charge in [0.1, 0.15) is 0 Å². The van der Waals surface area contributed by atoms with Gasteiger partial charge >= 0.3 is 12.4 Å². The molecular formula is C7H10F6N2O3S. The van der Waals surface area contributed by atoms with E-state index < -0.39 is 52.9 Å². The van der Waals surface area contributed by atoms with Crippen LogP contribution in [0.25, 0.3) is 0 Å². The monoisotopic (exact) mass is 316 g/mol. The maximum Gasteiger partial charge on any atom is 0.409 e. The maximum absolute atomic E-state index is 12.1. The van der Waals surface area contributed by atoms with E-state index in [1.807, 2.05) is 0 Å². The van der Waals surface area contributed by atoms with Gasteiger partial charge in [-0.1, -0.05) is 0 Å². The molecular weight excluding hydrogens is 306 g/mol. The van der Waals surface area contributed by atoms with E-state index in [-0.39, 0.29) is 0 Å². The minimum Gasteiger partial charge on any atom is -0.355 e. The molecule has 12 heteroatoms. The van der Waals surface area contributed by atoms with Gasteiger partial charge < -0.3 is 5.32 Å². The van der Waals surface area contributed by atoms with Gasteiger partial charge in [-0.3, -0.25) is 4.79 Å². The Labute approximate surface area is 104 Å². The third-order valence-electron chi connectivity index (χ3n) is 1.82. The topological polar surface area (TPSA) is 89.3 Å². The first-order valence-electron chi connectivity index (χ1n) is 4.67. The van der Waals surface area contributed by atoms with Crippen molar-refractivity contribution >= 4 is 15.9 Å². The average Bonchev–Trinajstić information content (AvgIpc) is 2.05. The first kappa shape index (κ1) is 18.0. The number of rotatable bonds is 5. The molecule has 0 atom stereocenters. The number of primary sulfonamides is 1. The van der Waals surface area contributed by atoms with Gasteiger partial charge in [0.15, 0.2) is 0 Å². The van der Waals surface area contributed by atoms with Gasteiger partial charge in [-0.15, -0.1) is 0 Å². The van der Waals surface area contributed by atoms with Crippen molar-refractivity contribution in [2.24, 2.45) is 11.1 Å². The molecule has 114 valence electrons. The predicted octanol–water partition coefficient (Wildman–Crippen LogP) is 0.522. The van der Waals surface area contributed by atoms with Crippen molar-refractivity contribution in [1.29, 1.82) is 0 Å². The van der Waals surface area contributed by atoms with Gasteiger partial charge in [0.2, 0.25) is 21.8 Å². The second-order valence-corrected chi connectivity index (χ2v) is 5.26. The lowest BCUT2D eigenvalue weighted by atomic mass is 10.1. The molecule has 5 nitrogen and oxygen atoms in total. The largest absolute Gasteiger partial charge is 0.409 e. The fourth-order valence-corrected chi connectivity index (χ4v) is 1.62. The molecule has 0 aliphatic rings. The van der Waals surface area contributed by atoms with Crippen LogP contribution in [0.1, 0.15) is 6.42 Å². The molecule has 0 spiro atoms. The van der Waals surface area contributed by atoms with Gasteiger partial charge in [0, 0.05) is 6.54 Å². The zero-order valence-corrected chi connectivity index (χ0v) is 9.99. The molecule has 0 aromatic heterocycles. The lowest BCUT2D eigenvalue weighted by Crippen LogP contribution is -2.48. The van der Waals surface area contributed by atoms with Crippen LogP contribution >= 0.6 is 0 Å². The van der Waals surface area contributed by atoms with Crippen molar-refractivity contribution in [3.05, 3.63) is 0 Å². The number of nitrogens with one attached hydrogen (secondary N) is 1. The number of sulfonamides is 1. The zero-order valence-electron chi connectivity index (χ0n) is 9.18. The zero-order chi connectivity index (χ0) is 15.5. The average molecular weight is 316 g/mol. The number of carbonyl (C=O) groups excluding carboxylic acids is 1. The van der Waals surface area contributed by atoms with Gasteiger partial charge in [-0.25, -0.2) is 13.6 Å². The molecule has 0 aromatic carbocycles. The Morgan fingerprint density at radius 3 is 1.84 bits per heavy atom. The lowest BCUT2D eigenvalue weighted by Gasteiger charge is -2.21. The number of carbonyl (C=O) groups is 1. The molecule has 0 aliphatic heterocycles. The third kappa shape index (κ3) is 7.20. The van der Waals surface area contributed by atoms with Crippen molar-refractivity contribution < 1.29 is 39.6 Å². The Morgan fingerprint density at radius 1 is 1.11 bits per heavy atom. The number of hydrogen-bond acceptors (Lipinski definition) is 3. The summed E-state index contributed by atoms with van der Waals surface area (Å²) >= 11 is 0. The second kappa shape index (κ2) is 5.94. The summed E-state index contributed by atoms with van der Waals surface area (Å²) in [5.41, 5.74) is 0. The molecule has 3 N–H and O–H groups in total. The van der Waals surface area contributed by atoms with Gasteiger partial charge in [0.05, 0.1) is 5.75 Å². The summed E-state index contributed by atoms with van der Waals surface area (Å²) in [4.78, 5) is 10.8. The van der Waals surface area contributed by atoms with Crippen molar-refractivity contribution in [2.75, 3.05) is 12.3 Å². The lowest BCUT2D eigenvalue weighted by molar-refractivity contribution is -0.274. The molecule has 0 bridgehead atoms. The van der Waals surface area contributed by atoms with Crippen LogP contribution in [-0.2, 0) is 14.8 Å². The van der Waals surface area contributed by atoms with Crippen LogP contribution in [0.15, 0.2) is 0 Å². The summed E-state index contributed by atoms with van der Waals surface area (Å²) < 4.78 is 93.3. The van der Waals surface area contributed by atoms with E-state index in [0.29, 0.717) is 0 Å². The van der Waals surface area contributed by atoms with Crippen LogP contribution in [0.5, 0.6) is 0 Å². The van der Waals surface area contributed by atoms with Crippen LogP contribution in [-0.4, -0.2) is 39.0 Å². The van der Waals surface area contributed by atoms with E-state index in [4.69, 9.17) is 0 Å². The fraction of sp³-hybridized carbons (Fsp3) is 0.857. The van der Waals surface area contributed by atoms with Crippen molar-refractivity contribution in [1.82, 2.24) is 5.32 Å². The van der Waals surface area contributed by atoms with Gasteiger partial charge in [0.25, 0.3) is 0 Å². The number of nitrogens with two attached hydrogens (primary N) is 1. The van der Waals surface area contributed by atoms with Crippen LogP contribution in [0, 0.1) is 5.92 Å². The molecule has 0 saturated heterocycles. The SMILES string of the molecule is NS(=O)(=O)CCCNC(=O)C(C(F)(F)F)C(F)(F)F. The molecule has 0 radical (unpaired) electrons. The Kier molecular flexibility index (Phi) is 5.62. The number of halogens is 6. The first-order chi connectivity index (χ1) is 8.25. The first-order valence-corrected chi connectivity index (χ1v) is 6.38. The molecule has 0 heterocycles. The normalized spacial score (nSPS) is 13.7. The number of alkyl halides is 6. The Hall–Kier alpha value is -1.04. The molecule has 0 unspecified atom stereocenters. The van der Waals surface area contributed by atoms with Crippen LogP contribution in [0.2, 0.25) is 0 Å². The van der Waals surface area contributed by atoms with Crippen LogP contribution < -0.4 is 10.5 Å². The molecule has 0 aromatic rings. The van der Waals surface area contributed by atoms with E-state index in [2.05, 4.69) is 5.14 Å². The molecule has 0 aliphatic carbocycles. The quantitative estimate of drug-likeness (QED) is 0.572. The maximum atomic E-state index is 12.1. The fourth-order valence-electron chi connectivity index (χ4n) is 1.07. The van der Waals surface area contributed by atoms with Crippen LogP contribution in [0.3, 0.4) is 0 Å². The highest BCUT2D eigenvalue weighted by Gasteiger charge is 2.60. The molecule has 1 amide bonds. The number of hydrogen-bond donors (Lipinski definition) is 2. The summed E-state index contributed by atoms with van der Waals surface area (Å²) in [6.45, 7) is -0.669. The highest BCUT2D eigenvalue weighted by Crippen LogP contribution is 2.39. The summed E-state index contributed by atoms with van der Waals surface area (Å²) in [5.74, 6) is -7.10. The Morgan fingerprint density at radius 2 is 1.53 bits per heavy atom. The van der Waals surface area contributed by atoms with E-state index in [1.54, 1.807) is 0 Å². The highest BCUT2D eigenvalue weighted by molar-refractivity contribution is 7.89. The smallest absolute Gasteiger partial charge is 0.355 e. The van der Waals surface area contributed by atoms with Gasteiger partial charge in [-0.05, 0) is 6.42 Å². The minimum absolute atomic E-state index is 0.396. The molecule has 0 fully saturated rings. The van der Waals surface area contributed by atoms with E-state index in [1.165, 1.54) is 5.32 Å². The Bertz CT molecular complexity index is 402. The highest BCUT2D eigenvalue weighted by atomic mass is 32.2. The van der Waals surface area contributed by atoms with Crippen LogP contribution in [0.4, 0.5) is 26.3 Å². The van der Waals surface area contributed by atoms with E-state index >= 15 is 0 Å². The Balaban J connectivity index is 4.53. The van der Waals surface area contributed by atoms with E-state index in [0.717, 1.165) is 0 Å². The summed E-state index contributed by atoms with van der Waals surface area (Å²) in [6, 6.07) is 0. The standard InChI is InChI=1S/C7H10F6N2O3S/c8-6(9,10)4(7(11,12)13)5(16)15-2-1-3-19(14,17)18/h4H,1-3H2,(H,15,16)(H2,14,17,18). The van der Waals surface area contributed by atoms with Crippen molar-refractivity contribution in [2.45, 2.75) is 18.8 Å². The van der Waals surface area contributed by atoms with E-state index in [9.17, 15) is 39.6 Å². The van der Waals surface area contributed by atoms with Crippen molar-refractivity contribution in [3.63, 3.8) is 0 Å². The summed E-state index contributed by atoms with van der Waals surface area (Å²) in [5, 5.41) is 5.92. The minimum atomic E-state index is -5.78. The number of amides is 1.